The first kappa shape index (κ1) is 15.8. The molecule has 0 aliphatic rings. The number of hydrogen-bond donors (Lipinski definition) is 1. The van der Waals surface area contributed by atoms with Gasteiger partial charge in [-0.05, 0) is 47.6 Å². The molecule has 108 valence electrons. The van der Waals surface area contributed by atoms with E-state index in [1.807, 2.05) is 13.8 Å². The standard InChI is InChI=1S/C15H26N2O2/c1-10(2)16(11(3)4)7-8-17-12(5)9-14(13(17)6)15(18)19/h9-11H,7-8H2,1-6H3,(H,18,19). The average molecular weight is 266 g/mol. The minimum Gasteiger partial charge on any atom is -0.478 e. The average Bonchev–Trinajstić information content (AvgIpc) is 2.55. The molecule has 0 radical (unpaired) electrons. The SMILES string of the molecule is Cc1cc(C(=O)O)c(C)n1CCN(C(C)C)C(C)C. The normalized spacial score (nSPS) is 11.8. The molecule has 0 bridgehead atoms. The number of nitrogens with zero attached hydrogens (tertiary/aromatic N) is 2. The smallest absolute Gasteiger partial charge is 0.337 e. The number of aryl methyl sites for hydroxylation is 1. The first-order valence-corrected chi connectivity index (χ1v) is 6.91. The van der Waals surface area contributed by atoms with Crippen LogP contribution in [0.4, 0.5) is 0 Å². The zero-order valence-electron chi connectivity index (χ0n) is 12.9. The predicted octanol–water partition coefficient (Wildman–Crippen LogP) is 2.92. The van der Waals surface area contributed by atoms with E-state index in [-0.39, 0.29) is 0 Å². The van der Waals surface area contributed by atoms with Gasteiger partial charge >= 0.3 is 5.97 Å². The van der Waals surface area contributed by atoms with E-state index < -0.39 is 5.97 Å². The molecule has 19 heavy (non-hydrogen) atoms. The van der Waals surface area contributed by atoms with E-state index >= 15 is 0 Å². The van der Waals surface area contributed by atoms with Crippen LogP contribution in [0.15, 0.2) is 6.07 Å². The molecule has 1 aromatic heterocycles. The predicted molar refractivity (Wildman–Crippen MR) is 77.8 cm³/mol. The maximum Gasteiger partial charge on any atom is 0.337 e. The summed E-state index contributed by atoms with van der Waals surface area (Å²) in [5, 5.41) is 9.13. The Labute approximate surface area is 116 Å². The number of rotatable bonds is 6. The van der Waals surface area contributed by atoms with Crippen molar-refractivity contribution < 1.29 is 9.90 Å². The summed E-state index contributed by atoms with van der Waals surface area (Å²) in [7, 11) is 0. The van der Waals surface area contributed by atoms with Gasteiger partial charge < -0.3 is 9.67 Å². The van der Waals surface area contributed by atoms with Crippen molar-refractivity contribution in [2.75, 3.05) is 6.54 Å². The van der Waals surface area contributed by atoms with Gasteiger partial charge in [0.1, 0.15) is 0 Å². The fraction of sp³-hybridized carbons (Fsp3) is 0.667. The van der Waals surface area contributed by atoms with Crippen LogP contribution in [0.3, 0.4) is 0 Å². The lowest BCUT2D eigenvalue weighted by molar-refractivity contribution is 0.0696. The van der Waals surface area contributed by atoms with Crippen molar-refractivity contribution in [2.24, 2.45) is 0 Å². The second-order valence-electron chi connectivity index (χ2n) is 5.67. The monoisotopic (exact) mass is 266 g/mol. The van der Waals surface area contributed by atoms with Gasteiger partial charge in [0.15, 0.2) is 0 Å². The van der Waals surface area contributed by atoms with Gasteiger partial charge in [0.2, 0.25) is 0 Å². The van der Waals surface area contributed by atoms with Crippen LogP contribution in [0.2, 0.25) is 0 Å². The molecule has 0 atom stereocenters. The first-order valence-electron chi connectivity index (χ1n) is 6.91. The number of aromatic carboxylic acids is 1. The lowest BCUT2D eigenvalue weighted by Gasteiger charge is -2.31. The van der Waals surface area contributed by atoms with Crippen molar-refractivity contribution in [3.63, 3.8) is 0 Å². The fourth-order valence-corrected chi connectivity index (χ4v) is 2.69. The van der Waals surface area contributed by atoms with Gasteiger partial charge in [-0.1, -0.05) is 0 Å². The van der Waals surface area contributed by atoms with Crippen LogP contribution in [0, 0.1) is 13.8 Å². The lowest BCUT2D eigenvalue weighted by Crippen LogP contribution is -2.39. The van der Waals surface area contributed by atoms with Gasteiger partial charge in [-0.15, -0.1) is 0 Å². The Morgan fingerprint density at radius 3 is 2.16 bits per heavy atom. The Balaban J connectivity index is 2.86. The first-order chi connectivity index (χ1) is 8.75. The van der Waals surface area contributed by atoms with Crippen molar-refractivity contribution in [1.29, 1.82) is 0 Å². The summed E-state index contributed by atoms with van der Waals surface area (Å²) in [6.07, 6.45) is 0. The minimum atomic E-state index is -0.844. The summed E-state index contributed by atoms with van der Waals surface area (Å²) >= 11 is 0. The van der Waals surface area contributed by atoms with Crippen LogP contribution in [-0.2, 0) is 6.54 Å². The molecule has 0 aromatic carbocycles. The molecule has 0 unspecified atom stereocenters. The van der Waals surface area contributed by atoms with E-state index in [9.17, 15) is 4.79 Å². The van der Waals surface area contributed by atoms with Gasteiger partial charge in [0.05, 0.1) is 5.56 Å². The summed E-state index contributed by atoms with van der Waals surface area (Å²) in [6, 6.07) is 2.75. The highest BCUT2D eigenvalue weighted by molar-refractivity contribution is 5.89. The Hall–Kier alpha value is -1.29. The number of carboxylic acid groups (broad SMARTS) is 1. The van der Waals surface area contributed by atoms with Crippen LogP contribution in [0.25, 0.3) is 0 Å². The lowest BCUT2D eigenvalue weighted by atomic mass is 10.2. The topological polar surface area (TPSA) is 45.5 Å². The van der Waals surface area contributed by atoms with E-state index in [1.165, 1.54) is 0 Å². The number of carbonyl (C=O) groups is 1. The summed E-state index contributed by atoms with van der Waals surface area (Å²) in [4.78, 5) is 13.5. The Morgan fingerprint density at radius 2 is 1.79 bits per heavy atom. The van der Waals surface area contributed by atoms with Crippen molar-refractivity contribution in [3.8, 4) is 0 Å². The molecule has 0 spiro atoms. The molecule has 0 aliphatic heterocycles. The second-order valence-corrected chi connectivity index (χ2v) is 5.67. The van der Waals surface area contributed by atoms with Crippen molar-refractivity contribution in [2.45, 2.75) is 60.2 Å². The van der Waals surface area contributed by atoms with Crippen molar-refractivity contribution >= 4 is 5.97 Å². The van der Waals surface area contributed by atoms with Crippen LogP contribution >= 0.6 is 0 Å². The van der Waals surface area contributed by atoms with Gasteiger partial charge in [-0.3, -0.25) is 4.90 Å². The maximum atomic E-state index is 11.1. The Bertz CT molecular complexity index is 439. The summed E-state index contributed by atoms with van der Waals surface area (Å²) in [5.41, 5.74) is 2.28. The minimum absolute atomic E-state index is 0.415. The van der Waals surface area contributed by atoms with E-state index in [0.717, 1.165) is 24.5 Å². The molecule has 4 heteroatoms. The molecule has 0 fully saturated rings. The molecule has 1 N–H and O–H groups in total. The molecule has 0 amide bonds. The fourth-order valence-electron chi connectivity index (χ4n) is 2.69. The van der Waals surface area contributed by atoms with E-state index in [1.54, 1.807) is 6.07 Å². The Kier molecular flexibility index (Phi) is 5.18. The zero-order valence-corrected chi connectivity index (χ0v) is 12.9. The largest absolute Gasteiger partial charge is 0.478 e. The number of carboxylic acids is 1. The van der Waals surface area contributed by atoms with Crippen molar-refractivity contribution in [3.05, 3.63) is 23.0 Å². The molecule has 0 aliphatic carbocycles. The highest BCUT2D eigenvalue weighted by Crippen LogP contribution is 2.16. The molecule has 0 saturated heterocycles. The highest BCUT2D eigenvalue weighted by Gasteiger charge is 2.17. The van der Waals surface area contributed by atoms with E-state index in [4.69, 9.17) is 5.11 Å². The van der Waals surface area contributed by atoms with Crippen LogP contribution in [0.1, 0.15) is 49.4 Å². The second kappa shape index (κ2) is 6.24. The molecule has 1 heterocycles. The maximum absolute atomic E-state index is 11.1. The van der Waals surface area contributed by atoms with Gasteiger partial charge in [-0.2, -0.15) is 0 Å². The molecular formula is C15H26N2O2. The third-order valence-electron chi connectivity index (χ3n) is 3.71. The molecule has 1 aromatic rings. The van der Waals surface area contributed by atoms with E-state index in [2.05, 4.69) is 37.2 Å². The zero-order chi connectivity index (χ0) is 14.7. The molecule has 0 saturated carbocycles. The Morgan fingerprint density at radius 1 is 1.26 bits per heavy atom. The third-order valence-corrected chi connectivity index (χ3v) is 3.71. The van der Waals surface area contributed by atoms with Gasteiger partial charge in [0.25, 0.3) is 0 Å². The summed E-state index contributed by atoms with van der Waals surface area (Å²) in [6.45, 7) is 14.4. The van der Waals surface area contributed by atoms with Crippen molar-refractivity contribution in [1.82, 2.24) is 9.47 Å². The van der Waals surface area contributed by atoms with Crippen LogP contribution in [-0.4, -0.2) is 39.2 Å². The van der Waals surface area contributed by atoms with Crippen LogP contribution < -0.4 is 0 Å². The molecular weight excluding hydrogens is 240 g/mol. The van der Waals surface area contributed by atoms with Crippen LogP contribution in [0.5, 0.6) is 0 Å². The summed E-state index contributed by atoms with van der Waals surface area (Å²) < 4.78 is 2.10. The van der Waals surface area contributed by atoms with Gasteiger partial charge in [-0.25, -0.2) is 4.79 Å². The number of hydrogen-bond acceptors (Lipinski definition) is 2. The molecule has 4 nitrogen and oxygen atoms in total. The summed E-state index contributed by atoms with van der Waals surface area (Å²) in [5.74, 6) is -0.844. The highest BCUT2D eigenvalue weighted by atomic mass is 16.4. The number of aromatic nitrogens is 1. The quantitative estimate of drug-likeness (QED) is 0.861. The third kappa shape index (κ3) is 3.60. The van der Waals surface area contributed by atoms with Gasteiger partial charge in [0, 0.05) is 36.6 Å². The molecule has 1 rings (SSSR count). The van der Waals surface area contributed by atoms with E-state index in [0.29, 0.717) is 17.6 Å².